The number of likely N-dealkylation sites (N-methyl/N-ethyl adjacent to an activating group) is 1. The molecule has 10 heteroatoms. The van der Waals surface area contributed by atoms with Crippen molar-refractivity contribution in [2.24, 2.45) is 5.92 Å². The van der Waals surface area contributed by atoms with Gasteiger partial charge in [-0.05, 0) is 61.7 Å². The lowest BCUT2D eigenvalue weighted by Gasteiger charge is -2.21. The second kappa shape index (κ2) is 8.95. The number of quaternary nitrogens is 1. The van der Waals surface area contributed by atoms with Gasteiger partial charge in [0.2, 0.25) is 6.04 Å². The molecule has 2 heterocycles. The number of rotatable bonds is 4. The first-order chi connectivity index (χ1) is 17.5. The fraction of sp³-hybridized carbons (Fsp3) is 0.296. The van der Waals surface area contributed by atoms with E-state index in [0.717, 1.165) is 12.1 Å². The molecular weight excluding hydrogens is 488 g/mol. The molecule has 2 amide bonds. The average molecular weight is 514 g/mol. The second-order valence-corrected chi connectivity index (χ2v) is 9.55. The highest BCUT2D eigenvalue weighted by molar-refractivity contribution is 5.85. The number of allylic oxidation sites excluding steroid dienone is 1. The molecule has 1 saturated heterocycles. The van der Waals surface area contributed by atoms with Crippen molar-refractivity contribution >= 4 is 17.8 Å². The number of nitrogens with one attached hydrogen (secondary N) is 1. The monoisotopic (exact) mass is 513 g/mol. The number of aromatic nitrogens is 2. The highest BCUT2D eigenvalue weighted by Gasteiger charge is 2.63. The van der Waals surface area contributed by atoms with E-state index in [1.54, 1.807) is 13.0 Å². The van der Waals surface area contributed by atoms with Gasteiger partial charge in [0.05, 0.1) is 29.1 Å². The molecule has 2 aliphatic rings. The van der Waals surface area contributed by atoms with Crippen molar-refractivity contribution in [3.8, 4) is 5.69 Å². The number of hydrogen-bond donors (Lipinski definition) is 1. The summed E-state index contributed by atoms with van der Waals surface area (Å²) in [7, 11) is 0. The van der Waals surface area contributed by atoms with Gasteiger partial charge in [0.15, 0.2) is 5.82 Å². The minimum absolute atomic E-state index is 0.0321. The van der Waals surface area contributed by atoms with Crippen LogP contribution in [0, 0.1) is 11.7 Å². The van der Waals surface area contributed by atoms with Crippen LogP contribution in [0.2, 0.25) is 0 Å². The van der Waals surface area contributed by atoms with Gasteiger partial charge in [0.1, 0.15) is 12.4 Å². The van der Waals surface area contributed by atoms with Crippen molar-refractivity contribution in [3.05, 3.63) is 93.4 Å². The van der Waals surface area contributed by atoms with Gasteiger partial charge in [0.25, 0.3) is 5.56 Å². The average Bonchev–Trinajstić information content (AvgIpc) is 3.60. The van der Waals surface area contributed by atoms with Gasteiger partial charge >= 0.3 is 12.2 Å². The SMILES string of the molecule is CC[N+]1(C(=O)Nc2cccc(C(F)(F)F)c2)CC1c1nc2c(c(=O)n1-c1ccc(F)cc1)C=CC(C)C2. The van der Waals surface area contributed by atoms with E-state index in [4.69, 9.17) is 4.98 Å². The summed E-state index contributed by atoms with van der Waals surface area (Å²) < 4.78 is 54.4. The quantitative estimate of drug-likeness (QED) is 0.276. The van der Waals surface area contributed by atoms with Crippen molar-refractivity contribution in [1.82, 2.24) is 9.55 Å². The topological polar surface area (TPSA) is 64.0 Å². The first kappa shape index (κ1) is 24.9. The van der Waals surface area contributed by atoms with Crippen LogP contribution in [-0.2, 0) is 12.6 Å². The third kappa shape index (κ3) is 4.46. The van der Waals surface area contributed by atoms with Crippen molar-refractivity contribution in [3.63, 3.8) is 0 Å². The van der Waals surface area contributed by atoms with E-state index in [2.05, 4.69) is 5.32 Å². The molecule has 0 radical (unpaired) electrons. The third-order valence-corrected chi connectivity index (χ3v) is 7.08. The number of alkyl halides is 3. The van der Waals surface area contributed by atoms with Crippen LogP contribution in [0.15, 0.2) is 59.4 Å². The number of hydrogen-bond acceptors (Lipinski definition) is 3. The fourth-order valence-corrected chi connectivity index (χ4v) is 4.91. The Morgan fingerprint density at radius 3 is 2.59 bits per heavy atom. The van der Waals surface area contributed by atoms with Gasteiger partial charge in [-0.3, -0.25) is 14.7 Å². The second-order valence-electron chi connectivity index (χ2n) is 9.55. The summed E-state index contributed by atoms with van der Waals surface area (Å²) in [6.07, 6.45) is -0.290. The molecule has 1 aliphatic carbocycles. The van der Waals surface area contributed by atoms with E-state index >= 15 is 0 Å². The zero-order valence-electron chi connectivity index (χ0n) is 20.2. The summed E-state index contributed by atoms with van der Waals surface area (Å²) in [4.78, 5) is 31.8. The van der Waals surface area contributed by atoms with E-state index in [9.17, 15) is 27.2 Å². The van der Waals surface area contributed by atoms with Crippen LogP contribution >= 0.6 is 0 Å². The Bertz CT molecular complexity index is 1460. The van der Waals surface area contributed by atoms with Crippen LogP contribution in [0.1, 0.15) is 42.5 Å². The smallest absolute Gasteiger partial charge is 0.275 e. The maximum atomic E-state index is 13.6. The summed E-state index contributed by atoms with van der Waals surface area (Å²) in [6.45, 7) is 4.47. The van der Waals surface area contributed by atoms with Gasteiger partial charge in [-0.15, -0.1) is 0 Å². The molecule has 6 nitrogen and oxygen atoms in total. The summed E-state index contributed by atoms with van der Waals surface area (Å²) in [5.41, 5.74) is 0.365. The molecule has 0 bridgehead atoms. The summed E-state index contributed by atoms with van der Waals surface area (Å²) in [5.74, 6) is 0.102. The van der Waals surface area contributed by atoms with Crippen LogP contribution in [-0.4, -0.2) is 33.2 Å². The van der Waals surface area contributed by atoms with Crippen LogP contribution < -0.4 is 10.9 Å². The van der Waals surface area contributed by atoms with Crippen molar-refractivity contribution < 1.29 is 26.8 Å². The predicted octanol–water partition coefficient (Wildman–Crippen LogP) is 5.72. The molecule has 192 valence electrons. The van der Waals surface area contributed by atoms with E-state index in [1.165, 1.54) is 41.0 Å². The lowest BCUT2D eigenvalue weighted by Crippen LogP contribution is -2.39. The standard InChI is InChI=1S/C27H24F4N4O2/c1-3-35(26(37)32-19-6-4-5-17(14-19)27(29,30)31)15-23(35)24-33-22-13-16(2)7-12-21(22)25(36)34(24)20-10-8-18(28)9-11-20/h4-12,14,16,23H,3,13,15H2,1-2H3/p+1. The van der Waals surface area contributed by atoms with Crippen molar-refractivity contribution in [1.29, 1.82) is 0 Å². The lowest BCUT2D eigenvalue weighted by atomic mass is 9.95. The molecule has 3 aromatic rings. The van der Waals surface area contributed by atoms with Crippen LogP contribution in [0.5, 0.6) is 0 Å². The number of carbonyl (C=O) groups is 1. The van der Waals surface area contributed by atoms with Gasteiger partial charge in [-0.1, -0.05) is 25.1 Å². The van der Waals surface area contributed by atoms with E-state index in [1.807, 2.05) is 13.0 Å². The minimum atomic E-state index is -4.54. The van der Waals surface area contributed by atoms with Gasteiger partial charge in [-0.25, -0.2) is 18.7 Å². The molecule has 37 heavy (non-hydrogen) atoms. The number of fused-ring (bicyclic) bond motifs is 1. The Morgan fingerprint density at radius 1 is 1.19 bits per heavy atom. The summed E-state index contributed by atoms with van der Waals surface area (Å²) in [5, 5.41) is 2.62. The molecule has 2 aromatic carbocycles. The molecule has 1 aromatic heterocycles. The van der Waals surface area contributed by atoms with Crippen LogP contribution in [0.25, 0.3) is 11.8 Å². The minimum Gasteiger partial charge on any atom is -0.275 e. The van der Waals surface area contributed by atoms with Gasteiger partial charge < -0.3 is 0 Å². The molecule has 0 saturated carbocycles. The fourth-order valence-electron chi connectivity index (χ4n) is 4.91. The van der Waals surface area contributed by atoms with Crippen molar-refractivity contribution in [2.45, 2.75) is 32.5 Å². The highest BCUT2D eigenvalue weighted by atomic mass is 19.4. The number of urea groups is 1. The Balaban J connectivity index is 1.55. The summed E-state index contributed by atoms with van der Waals surface area (Å²) >= 11 is 0. The third-order valence-electron chi connectivity index (χ3n) is 7.08. The molecule has 1 N–H and O–H groups in total. The molecule has 1 aliphatic heterocycles. The predicted molar refractivity (Wildman–Crippen MR) is 131 cm³/mol. The maximum Gasteiger partial charge on any atom is 0.421 e. The zero-order chi connectivity index (χ0) is 26.5. The first-order valence-electron chi connectivity index (χ1n) is 12.0. The number of anilines is 1. The Labute approximate surface area is 210 Å². The molecular formula is C27H25F4N4O2+. The van der Waals surface area contributed by atoms with E-state index in [-0.39, 0.29) is 21.6 Å². The van der Waals surface area contributed by atoms with Crippen molar-refractivity contribution in [2.75, 3.05) is 18.4 Å². The van der Waals surface area contributed by atoms with Gasteiger partial charge in [0, 0.05) is 5.69 Å². The molecule has 5 rings (SSSR count). The largest absolute Gasteiger partial charge is 0.421 e. The maximum absolute atomic E-state index is 13.6. The Morgan fingerprint density at radius 2 is 1.92 bits per heavy atom. The van der Waals surface area contributed by atoms with E-state index < -0.39 is 29.6 Å². The molecule has 3 atom stereocenters. The molecule has 3 unspecified atom stereocenters. The molecule has 1 fully saturated rings. The Hall–Kier alpha value is -3.79. The Kier molecular flexibility index (Phi) is 6.02. The number of halogens is 4. The number of carbonyl (C=O) groups excluding carboxylic acids is 1. The van der Waals surface area contributed by atoms with E-state index in [0.29, 0.717) is 42.3 Å². The lowest BCUT2D eigenvalue weighted by molar-refractivity contribution is -0.726. The summed E-state index contributed by atoms with van der Waals surface area (Å²) in [6, 6.07) is 8.94. The highest BCUT2D eigenvalue weighted by Crippen LogP contribution is 2.45. The van der Waals surface area contributed by atoms with Crippen LogP contribution in [0.4, 0.5) is 28.0 Å². The number of amides is 2. The first-order valence-corrected chi connectivity index (χ1v) is 12.0. The van der Waals surface area contributed by atoms with Gasteiger partial charge in [-0.2, -0.15) is 13.2 Å². The zero-order valence-corrected chi connectivity index (χ0v) is 20.2. The normalized spacial score (nSPS) is 22.4. The number of benzene rings is 2. The van der Waals surface area contributed by atoms with Crippen LogP contribution in [0.3, 0.4) is 0 Å². The molecule has 0 spiro atoms. The number of nitrogens with zero attached hydrogens (tertiary/aromatic N) is 3.